The number of anilines is 1. The van der Waals surface area contributed by atoms with Gasteiger partial charge >= 0.3 is 0 Å². The van der Waals surface area contributed by atoms with Crippen LogP contribution in [0.3, 0.4) is 0 Å². The maximum atomic E-state index is 13.3. The smallest absolute Gasteiger partial charge is 0.256 e. The summed E-state index contributed by atoms with van der Waals surface area (Å²) in [4.78, 5) is 0.00639. The zero-order valence-electron chi connectivity index (χ0n) is 15.2. The Bertz CT molecular complexity index is 1110. The molecule has 138 valence electrons. The maximum Gasteiger partial charge on any atom is 0.256 e. The number of sulfonamides is 1. The SMILES string of the molecule is [B]N(c1noc2cccc(C3CC3)c12)S(=O)(=O)c1cc(CC)ccc1OC. The summed E-state index contributed by atoms with van der Waals surface area (Å²) >= 11 is 0. The van der Waals surface area contributed by atoms with Crippen molar-refractivity contribution >= 4 is 34.8 Å². The molecule has 1 saturated carbocycles. The molecular formula is C19H19BN2O4S. The maximum absolute atomic E-state index is 13.3. The summed E-state index contributed by atoms with van der Waals surface area (Å²) in [5, 5.41) is 4.61. The van der Waals surface area contributed by atoms with E-state index in [9.17, 15) is 8.42 Å². The Morgan fingerprint density at radius 2 is 2.07 bits per heavy atom. The third kappa shape index (κ3) is 2.98. The summed E-state index contributed by atoms with van der Waals surface area (Å²) in [7, 11) is 3.43. The Kier molecular flexibility index (Phi) is 4.38. The van der Waals surface area contributed by atoms with Crippen LogP contribution in [0.4, 0.5) is 5.82 Å². The average Bonchev–Trinajstić information content (AvgIpc) is 3.45. The van der Waals surface area contributed by atoms with Gasteiger partial charge < -0.3 is 13.5 Å². The molecule has 1 fully saturated rings. The minimum Gasteiger partial charge on any atom is -0.495 e. The normalized spacial score (nSPS) is 14.4. The van der Waals surface area contributed by atoms with Crippen LogP contribution >= 0.6 is 0 Å². The van der Waals surface area contributed by atoms with Gasteiger partial charge in [0.05, 0.1) is 12.5 Å². The molecule has 6 nitrogen and oxygen atoms in total. The number of rotatable bonds is 6. The van der Waals surface area contributed by atoms with Crippen LogP contribution in [0.15, 0.2) is 45.8 Å². The van der Waals surface area contributed by atoms with Crippen molar-refractivity contribution < 1.29 is 17.7 Å². The van der Waals surface area contributed by atoms with Gasteiger partial charge in [0.2, 0.25) is 0 Å². The van der Waals surface area contributed by atoms with E-state index in [1.807, 2.05) is 25.1 Å². The third-order valence-electron chi connectivity index (χ3n) is 4.91. The van der Waals surface area contributed by atoms with Gasteiger partial charge in [-0.25, -0.2) is 8.42 Å². The highest BCUT2D eigenvalue weighted by Crippen LogP contribution is 2.45. The van der Waals surface area contributed by atoms with Crippen molar-refractivity contribution in [3.63, 3.8) is 0 Å². The second-order valence-corrected chi connectivity index (χ2v) is 8.42. The first kappa shape index (κ1) is 17.9. The van der Waals surface area contributed by atoms with E-state index in [4.69, 9.17) is 17.2 Å². The van der Waals surface area contributed by atoms with Crippen molar-refractivity contribution in [2.45, 2.75) is 37.0 Å². The molecule has 27 heavy (non-hydrogen) atoms. The molecule has 0 aliphatic heterocycles. The molecule has 0 spiro atoms. The van der Waals surface area contributed by atoms with Gasteiger partial charge in [0.1, 0.15) is 10.6 Å². The van der Waals surface area contributed by atoms with E-state index in [0.717, 1.165) is 24.0 Å². The Hall–Kier alpha value is -2.48. The highest BCUT2D eigenvalue weighted by atomic mass is 32.2. The van der Waals surface area contributed by atoms with Gasteiger partial charge in [-0.2, -0.15) is 0 Å². The number of nitrogens with zero attached hydrogens (tertiary/aromatic N) is 2. The van der Waals surface area contributed by atoms with E-state index >= 15 is 0 Å². The van der Waals surface area contributed by atoms with E-state index in [1.165, 1.54) is 7.11 Å². The molecule has 8 heteroatoms. The minimum atomic E-state index is -4.09. The fourth-order valence-electron chi connectivity index (χ4n) is 3.25. The topological polar surface area (TPSA) is 72.6 Å². The van der Waals surface area contributed by atoms with Crippen molar-refractivity contribution in [1.82, 2.24) is 5.16 Å². The summed E-state index contributed by atoms with van der Waals surface area (Å²) in [6.45, 7) is 1.95. The van der Waals surface area contributed by atoms with Gasteiger partial charge in [-0.05, 0) is 54.5 Å². The molecule has 0 atom stereocenters. The fourth-order valence-corrected chi connectivity index (χ4v) is 4.52. The molecule has 0 bridgehead atoms. The molecule has 2 aromatic carbocycles. The van der Waals surface area contributed by atoms with Crippen molar-refractivity contribution in [2.75, 3.05) is 11.3 Å². The first-order valence-electron chi connectivity index (χ1n) is 8.82. The second-order valence-electron chi connectivity index (χ2n) is 6.64. The lowest BCUT2D eigenvalue weighted by Gasteiger charge is -2.20. The zero-order valence-corrected chi connectivity index (χ0v) is 16.0. The lowest BCUT2D eigenvalue weighted by atomic mass is 10.1. The molecule has 3 aromatic rings. The fraction of sp³-hybridized carbons (Fsp3) is 0.316. The molecule has 1 aliphatic rings. The predicted octanol–water partition coefficient (Wildman–Crippen LogP) is 3.56. The molecule has 1 aliphatic carbocycles. The number of hydrogen-bond donors (Lipinski definition) is 0. The Balaban J connectivity index is 1.86. The van der Waals surface area contributed by atoms with Crippen LogP contribution in [0.5, 0.6) is 5.75 Å². The van der Waals surface area contributed by atoms with Gasteiger partial charge in [0.25, 0.3) is 18.0 Å². The van der Waals surface area contributed by atoms with Crippen LogP contribution in [0.1, 0.15) is 36.8 Å². The number of hydrogen-bond acceptors (Lipinski definition) is 5. The number of ether oxygens (including phenoxy) is 1. The summed E-state index contributed by atoms with van der Waals surface area (Å²) in [6, 6.07) is 10.7. The molecule has 1 heterocycles. The number of methoxy groups -OCH3 is 1. The van der Waals surface area contributed by atoms with Gasteiger partial charge in [0.15, 0.2) is 11.4 Å². The number of fused-ring (bicyclic) bond motifs is 1. The second kappa shape index (κ2) is 6.60. The van der Waals surface area contributed by atoms with Crippen LogP contribution in [-0.4, -0.2) is 28.7 Å². The zero-order chi connectivity index (χ0) is 19.2. The molecule has 4 rings (SSSR count). The molecule has 0 unspecified atom stereocenters. The Labute approximate surface area is 159 Å². The van der Waals surface area contributed by atoms with Crippen molar-refractivity contribution in [1.29, 1.82) is 0 Å². The van der Waals surface area contributed by atoms with E-state index < -0.39 is 10.0 Å². The van der Waals surface area contributed by atoms with Gasteiger partial charge in [0, 0.05) is 0 Å². The van der Waals surface area contributed by atoms with Crippen LogP contribution in [-0.2, 0) is 16.4 Å². The standard InChI is InChI=1S/C19H19BN2O4S/c1-3-12-7-10-15(25-2)17(11-12)27(23,24)22(20)19-18-14(13-8-9-13)5-4-6-16(18)26-21-19/h4-7,10-11,13H,3,8-9H2,1-2H3. The van der Waals surface area contributed by atoms with E-state index in [0.29, 0.717) is 27.5 Å². The highest BCUT2D eigenvalue weighted by molar-refractivity contribution is 7.94. The largest absolute Gasteiger partial charge is 0.495 e. The number of benzene rings is 2. The lowest BCUT2D eigenvalue weighted by molar-refractivity contribution is 0.402. The van der Waals surface area contributed by atoms with E-state index in [-0.39, 0.29) is 16.5 Å². The van der Waals surface area contributed by atoms with Crippen LogP contribution in [0.25, 0.3) is 11.0 Å². The minimum absolute atomic E-state index is 0.00639. The molecule has 0 N–H and O–H groups in total. The Morgan fingerprint density at radius 1 is 1.30 bits per heavy atom. The predicted molar refractivity (Wildman–Crippen MR) is 104 cm³/mol. The summed E-state index contributed by atoms with van der Waals surface area (Å²) in [6.07, 6.45) is 2.82. The first-order valence-corrected chi connectivity index (χ1v) is 10.3. The van der Waals surface area contributed by atoms with Crippen molar-refractivity contribution in [3.05, 3.63) is 47.5 Å². The molecule has 0 amide bonds. The lowest BCUT2D eigenvalue weighted by Crippen LogP contribution is -2.29. The monoisotopic (exact) mass is 382 g/mol. The van der Waals surface area contributed by atoms with Crippen LogP contribution in [0, 0.1) is 0 Å². The summed E-state index contributed by atoms with van der Waals surface area (Å²) < 4.78 is 37.8. The third-order valence-corrected chi connectivity index (χ3v) is 6.48. The molecule has 0 saturated heterocycles. The molecule has 1 aromatic heterocycles. The van der Waals surface area contributed by atoms with Gasteiger partial charge in [-0.1, -0.05) is 30.3 Å². The quantitative estimate of drug-likeness (QED) is 0.610. The number of aromatic nitrogens is 1. The van der Waals surface area contributed by atoms with Crippen molar-refractivity contribution in [3.8, 4) is 5.75 Å². The van der Waals surface area contributed by atoms with E-state index in [2.05, 4.69) is 5.16 Å². The van der Waals surface area contributed by atoms with E-state index in [1.54, 1.807) is 18.2 Å². The average molecular weight is 382 g/mol. The van der Waals surface area contributed by atoms with Gasteiger partial charge in [-0.3, -0.25) is 0 Å². The highest BCUT2D eigenvalue weighted by Gasteiger charge is 2.32. The number of aryl methyl sites for hydroxylation is 1. The summed E-state index contributed by atoms with van der Waals surface area (Å²) in [5.41, 5.74) is 2.41. The van der Waals surface area contributed by atoms with Crippen LogP contribution in [0.2, 0.25) is 0 Å². The van der Waals surface area contributed by atoms with Crippen molar-refractivity contribution in [2.24, 2.45) is 0 Å². The Morgan fingerprint density at radius 3 is 2.74 bits per heavy atom. The van der Waals surface area contributed by atoms with Gasteiger partial charge in [-0.15, -0.1) is 0 Å². The first-order chi connectivity index (χ1) is 13.0. The molecular weight excluding hydrogens is 363 g/mol. The summed E-state index contributed by atoms with van der Waals surface area (Å²) in [5.74, 6) is 0.718. The van der Waals surface area contributed by atoms with Crippen LogP contribution < -0.4 is 8.95 Å². The molecule has 2 radical (unpaired) electrons.